The number of hydrogen-bond donors (Lipinski definition) is 1. The van der Waals surface area contributed by atoms with Gasteiger partial charge in [-0.15, -0.1) is 10.2 Å². The minimum atomic E-state index is -3.37. The van der Waals surface area contributed by atoms with Crippen molar-refractivity contribution in [1.29, 1.82) is 0 Å². The van der Waals surface area contributed by atoms with Crippen molar-refractivity contribution in [3.05, 3.63) is 59.7 Å². The molecule has 180 valence electrons. The Bertz CT molecular complexity index is 1250. The van der Waals surface area contributed by atoms with Crippen LogP contribution in [0.15, 0.2) is 53.7 Å². The molecule has 1 unspecified atom stereocenters. The van der Waals surface area contributed by atoms with Gasteiger partial charge >= 0.3 is 0 Å². The van der Waals surface area contributed by atoms with E-state index in [-0.39, 0.29) is 5.78 Å². The molecule has 1 N–H and O–H groups in total. The van der Waals surface area contributed by atoms with Crippen LogP contribution in [0.1, 0.15) is 42.1 Å². The third-order valence-corrected chi connectivity index (χ3v) is 7.32. The third kappa shape index (κ3) is 5.79. The second-order valence-corrected chi connectivity index (χ2v) is 11.6. The molecule has 1 aliphatic rings. The summed E-state index contributed by atoms with van der Waals surface area (Å²) in [7, 11) is -3.37. The number of nitrogens with zero attached hydrogens (tertiary/aromatic N) is 4. The lowest BCUT2D eigenvalue weighted by atomic mass is 10.1. The van der Waals surface area contributed by atoms with Gasteiger partial charge in [-0.1, -0.05) is 29.5 Å². The molecule has 1 aliphatic heterocycles. The van der Waals surface area contributed by atoms with Gasteiger partial charge in [0.25, 0.3) is 0 Å². The van der Waals surface area contributed by atoms with Gasteiger partial charge in [-0.3, -0.25) is 14.1 Å². The van der Waals surface area contributed by atoms with Crippen molar-refractivity contribution in [2.24, 2.45) is 0 Å². The van der Waals surface area contributed by atoms with Crippen molar-refractivity contribution in [3.63, 3.8) is 0 Å². The number of rotatable bonds is 8. The summed E-state index contributed by atoms with van der Waals surface area (Å²) >= 11 is 1.37. The number of carbonyl (C=O) groups excluding carboxylic acids is 1. The highest BCUT2D eigenvalue weighted by Crippen LogP contribution is 2.31. The molecule has 0 radical (unpaired) electrons. The molecular weight excluding hydrogens is 470 g/mol. The van der Waals surface area contributed by atoms with Crippen LogP contribution in [-0.4, -0.2) is 53.6 Å². The summed E-state index contributed by atoms with van der Waals surface area (Å²) in [5.41, 5.74) is 3.07. The first-order valence-corrected chi connectivity index (χ1v) is 14.0. The van der Waals surface area contributed by atoms with Gasteiger partial charge in [-0.05, 0) is 69.5 Å². The molecule has 1 fully saturated rings. The Morgan fingerprint density at radius 1 is 1.00 bits per heavy atom. The van der Waals surface area contributed by atoms with Crippen LogP contribution in [0.2, 0.25) is 0 Å². The van der Waals surface area contributed by atoms with Crippen LogP contribution < -0.4 is 9.62 Å². The number of ketones is 1. The van der Waals surface area contributed by atoms with E-state index in [9.17, 15) is 13.2 Å². The molecule has 0 aliphatic carbocycles. The largest absolute Gasteiger partial charge is 0.341 e. The van der Waals surface area contributed by atoms with Crippen molar-refractivity contribution in [3.8, 4) is 5.69 Å². The fraction of sp³-hybridized carbons (Fsp3) is 0.375. The fourth-order valence-electron chi connectivity index (χ4n) is 3.92. The number of sulfonamides is 1. The highest BCUT2D eigenvalue weighted by Gasteiger charge is 2.25. The average Bonchev–Trinajstić information content (AvgIpc) is 3.22. The molecule has 8 nitrogen and oxygen atoms in total. The zero-order valence-electron chi connectivity index (χ0n) is 19.6. The predicted octanol–water partition coefficient (Wildman–Crippen LogP) is 4.30. The number of thioether (sulfide) groups is 1. The van der Waals surface area contributed by atoms with Crippen LogP contribution in [0.4, 0.5) is 11.6 Å². The van der Waals surface area contributed by atoms with E-state index in [0.29, 0.717) is 16.4 Å². The Kier molecular flexibility index (Phi) is 7.27. The molecule has 2 aromatic carbocycles. The summed E-state index contributed by atoms with van der Waals surface area (Å²) in [4.78, 5) is 15.4. The molecule has 0 amide bonds. The molecule has 1 aromatic heterocycles. The van der Waals surface area contributed by atoms with Gasteiger partial charge in [0.05, 0.1) is 17.2 Å². The molecule has 4 rings (SSSR count). The van der Waals surface area contributed by atoms with Gasteiger partial charge in [0, 0.05) is 24.3 Å². The van der Waals surface area contributed by atoms with Crippen LogP contribution in [-0.2, 0) is 10.0 Å². The van der Waals surface area contributed by atoms with Gasteiger partial charge in [0.15, 0.2) is 10.9 Å². The maximum atomic E-state index is 13.1. The number of aryl methyl sites for hydroxylation is 1. The molecule has 2 heterocycles. The lowest BCUT2D eigenvalue weighted by Crippen LogP contribution is -2.31. The van der Waals surface area contributed by atoms with Crippen molar-refractivity contribution in [2.45, 2.75) is 43.5 Å². The first-order valence-electron chi connectivity index (χ1n) is 11.3. The fourth-order valence-corrected chi connectivity index (χ4v) is 5.42. The molecule has 1 atom stereocenters. The Labute approximate surface area is 204 Å². The van der Waals surface area contributed by atoms with Crippen LogP contribution in [0, 0.1) is 6.92 Å². The molecule has 3 aromatic rings. The van der Waals surface area contributed by atoms with E-state index < -0.39 is 15.3 Å². The minimum absolute atomic E-state index is 0.0612. The third-order valence-electron chi connectivity index (χ3n) is 5.67. The number of carbonyl (C=O) groups is 1. The second kappa shape index (κ2) is 10.2. The Morgan fingerprint density at radius 2 is 1.65 bits per heavy atom. The molecule has 34 heavy (non-hydrogen) atoms. The smallest absolute Gasteiger partial charge is 0.232 e. The molecule has 0 saturated carbocycles. The number of anilines is 2. The van der Waals surface area contributed by atoms with Gasteiger partial charge < -0.3 is 4.90 Å². The second-order valence-electron chi connectivity index (χ2n) is 8.58. The Balaban J connectivity index is 1.58. The summed E-state index contributed by atoms with van der Waals surface area (Å²) < 4.78 is 27.3. The minimum Gasteiger partial charge on any atom is -0.341 e. The van der Waals surface area contributed by atoms with E-state index in [1.54, 1.807) is 24.3 Å². The number of Topliss-reactive ketones (excluding diaryl/α,β-unsaturated/α-hetero) is 1. The first-order chi connectivity index (χ1) is 16.2. The predicted molar refractivity (Wildman–Crippen MR) is 137 cm³/mol. The quantitative estimate of drug-likeness (QED) is 0.364. The van der Waals surface area contributed by atoms with Gasteiger partial charge in [-0.2, -0.15) is 0 Å². The van der Waals surface area contributed by atoms with E-state index in [1.807, 2.05) is 11.5 Å². The van der Waals surface area contributed by atoms with Gasteiger partial charge in [-0.25, -0.2) is 8.42 Å². The highest BCUT2D eigenvalue weighted by atomic mass is 32.2. The number of piperidine rings is 1. The van der Waals surface area contributed by atoms with Crippen LogP contribution in [0.3, 0.4) is 0 Å². The summed E-state index contributed by atoms with van der Waals surface area (Å²) in [5, 5.41) is 9.24. The van der Waals surface area contributed by atoms with Gasteiger partial charge in [0.1, 0.15) is 0 Å². The molecule has 1 saturated heterocycles. The zero-order valence-corrected chi connectivity index (χ0v) is 21.2. The maximum absolute atomic E-state index is 13.1. The lowest BCUT2D eigenvalue weighted by molar-refractivity contribution is 0.0994. The van der Waals surface area contributed by atoms with Crippen molar-refractivity contribution >= 4 is 39.2 Å². The normalized spacial score (nSPS) is 15.2. The van der Waals surface area contributed by atoms with E-state index in [2.05, 4.69) is 51.0 Å². The number of hydrogen-bond acceptors (Lipinski definition) is 7. The van der Waals surface area contributed by atoms with Crippen LogP contribution >= 0.6 is 11.8 Å². The van der Waals surface area contributed by atoms with E-state index in [0.717, 1.165) is 43.8 Å². The molecule has 10 heteroatoms. The Morgan fingerprint density at radius 3 is 2.26 bits per heavy atom. The lowest BCUT2D eigenvalue weighted by Gasteiger charge is -2.28. The Hall–Kier alpha value is -2.85. The van der Waals surface area contributed by atoms with Crippen LogP contribution in [0.5, 0.6) is 0 Å². The monoisotopic (exact) mass is 499 g/mol. The average molecular weight is 500 g/mol. The summed E-state index contributed by atoms with van der Waals surface area (Å²) in [5.74, 6) is 0.746. The van der Waals surface area contributed by atoms with E-state index >= 15 is 0 Å². The highest BCUT2D eigenvalue weighted by molar-refractivity contribution is 8.00. The van der Waals surface area contributed by atoms with Crippen LogP contribution in [0.25, 0.3) is 5.69 Å². The molecular formula is C24H29N5O3S2. The molecule has 0 bridgehead atoms. The topological polar surface area (TPSA) is 97.2 Å². The maximum Gasteiger partial charge on any atom is 0.232 e. The van der Waals surface area contributed by atoms with Crippen molar-refractivity contribution < 1.29 is 13.2 Å². The van der Waals surface area contributed by atoms with E-state index in [1.165, 1.54) is 23.7 Å². The summed E-state index contributed by atoms with van der Waals surface area (Å²) in [6.07, 6.45) is 4.57. The summed E-state index contributed by atoms with van der Waals surface area (Å²) in [6.45, 7) is 5.78. The SMILES string of the molecule is Cc1ccc(-n2c(SC(C)C(=O)c3ccc(NS(C)(=O)=O)cc3)nnc2N2CCCCC2)cc1. The first kappa shape index (κ1) is 24.3. The van der Waals surface area contributed by atoms with E-state index in [4.69, 9.17) is 0 Å². The molecule has 0 spiro atoms. The summed E-state index contributed by atoms with van der Waals surface area (Å²) in [6, 6.07) is 14.7. The zero-order chi connectivity index (χ0) is 24.3. The van der Waals surface area contributed by atoms with Crippen molar-refractivity contribution in [2.75, 3.05) is 29.0 Å². The van der Waals surface area contributed by atoms with Crippen molar-refractivity contribution in [1.82, 2.24) is 14.8 Å². The number of benzene rings is 2. The van der Waals surface area contributed by atoms with Gasteiger partial charge in [0.2, 0.25) is 16.0 Å². The standard InChI is InChI=1S/C24H29N5O3S2/c1-17-7-13-21(14-8-17)29-23(28-15-5-4-6-16-28)25-26-24(29)33-18(2)22(30)19-9-11-20(12-10-19)27-34(3,31)32/h7-14,18,27H,4-6,15-16H2,1-3H3. The number of aromatic nitrogens is 3. The number of nitrogens with one attached hydrogen (secondary N) is 1.